The highest BCUT2D eigenvalue weighted by Gasteiger charge is 2.34. The molecule has 0 spiro atoms. The van der Waals surface area contributed by atoms with Gasteiger partial charge in [-0.05, 0) is 30.3 Å². The number of benzene rings is 2. The molecule has 0 aliphatic rings. The highest BCUT2D eigenvalue weighted by Crippen LogP contribution is 2.37. The standard InChI is InChI=1S/C14H7Cl3F3NO4S/c15-6-3-8(13(22)23)12(11(17)4-6)21-26(24,25)7-1-2-10(16)9(5-7)14(18,19)20/h1-5,21H,(H,22,23). The summed E-state index contributed by atoms with van der Waals surface area (Å²) < 4.78 is 65.4. The maximum Gasteiger partial charge on any atom is 0.417 e. The van der Waals surface area contributed by atoms with E-state index < -0.39 is 48.9 Å². The molecule has 0 aromatic heterocycles. The molecule has 0 heterocycles. The molecule has 2 N–H and O–H groups in total. The number of carboxylic acid groups (broad SMARTS) is 1. The van der Waals surface area contributed by atoms with E-state index in [9.17, 15) is 26.4 Å². The first-order chi connectivity index (χ1) is 11.8. The number of hydrogen-bond donors (Lipinski definition) is 2. The van der Waals surface area contributed by atoms with E-state index in [0.29, 0.717) is 6.07 Å². The van der Waals surface area contributed by atoms with Crippen molar-refractivity contribution in [2.75, 3.05) is 4.72 Å². The molecule has 0 amide bonds. The van der Waals surface area contributed by atoms with Gasteiger partial charge in [-0.1, -0.05) is 34.8 Å². The summed E-state index contributed by atoms with van der Waals surface area (Å²) in [7, 11) is -4.60. The Kier molecular flexibility index (Phi) is 5.67. The van der Waals surface area contributed by atoms with Gasteiger partial charge in [-0.15, -0.1) is 0 Å². The lowest BCUT2D eigenvalue weighted by Crippen LogP contribution is -2.17. The highest BCUT2D eigenvalue weighted by atomic mass is 35.5. The molecule has 0 unspecified atom stereocenters. The van der Waals surface area contributed by atoms with Crippen LogP contribution < -0.4 is 4.72 Å². The van der Waals surface area contributed by atoms with E-state index in [4.69, 9.17) is 39.9 Å². The van der Waals surface area contributed by atoms with Crippen molar-refractivity contribution < 1.29 is 31.5 Å². The van der Waals surface area contributed by atoms with E-state index >= 15 is 0 Å². The van der Waals surface area contributed by atoms with Gasteiger partial charge in [0.2, 0.25) is 0 Å². The number of sulfonamides is 1. The third-order valence-corrected chi connectivity index (χ3v) is 5.27. The number of aromatic carboxylic acids is 1. The highest BCUT2D eigenvalue weighted by molar-refractivity contribution is 7.92. The summed E-state index contributed by atoms with van der Waals surface area (Å²) in [5.74, 6) is -1.54. The Morgan fingerprint density at radius 1 is 1.04 bits per heavy atom. The summed E-state index contributed by atoms with van der Waals surface area (Å²) in [6.07, 6.45) is -4.88. The number of rotatable bonds is 4. The lowest BCUT2D eigenvalue weighted by atomic mass is 10.2. The third kappa shape index (κ3) is 4.35. The first-order valence-corrected chi connectivity index (χ1v) is 9.06. The van der Waals surface area contributed by atoms with Crippen molar-refractivity contribution in [3.8, 4) is 0 Å². The Morgan fingerprint density at radius 3 is 2.19 bits per heavy atom. The summed E-state index contributed by atoms with van der Waals surface area (Å²) in [5.41, 5.74) is -2.47. The Labute approximate surface area is 160 Å². The molecule has 12 heteroatoms. The molecule has 0 radical (unpaired) electrons. The molecular formula is C14H7Cl3F3NO4S. The average Bonchev–Trinajstić information content (AvgIpc) is 2.48. The zero-order chi connectivity index (χ0) is 19.9. The van der Waals surface area contributed by atoms with Crippen LogP contribution in [0.5, 0.6) is 0 Å². The minimum absolute atomic E-state index is 0.0683. The van der Waals surface area contributed by atoms with Gasteiger partial charge in [-0.2, -0.15) is 13.2 Å². The molecule has 2 aromatic rings. The van der Waals surface area contributed by atoms with Gasteiger partial charge in [-0.25, -0.2) is 13.2 Å². The maximum absolute atomic E-state index is 12.9. The quantitative estimate of drug-likeness (QED) is 0.676. The van der Waals surface area contributed by atoms with Crippen LogP contribution in [0.1, 0.15) is 15.9 Å². The summed E-state index contributed by atoms with van der Waals surface area (Å²) in [5, 5.41) is 8.05. The molecule has 5 nitrogen and oxygen atoms in total. The van der Waals surface area contributed by atoms with Crippen LogP contribution in [-0.4, -0.2) is 19.5 Å². The number of nitrogens with one attached hydrogen (secondary N) is 1. The number of halogens is 6. The number of carboxylic acids is 1. The first kappa shape index (κ1) is 20.6. The molecule has 0 aliphatic carbocycles. The van der Waals surface area contributed by atoms with E-state index in [1.165, 1.54) is 0 Å². The van der Waals surface area contributed by atoms with Crippen LogP contribution in [0.25, 0.3) is 0 Å². The van der Waals surface area contributed by atoms with Crippen molar-refractivity contribution in [2.45, 2.75) is 11.1 Å². The van der Waals surface area contributed by atoms with Crippen LogP contribution in [0.3, 0.4) is 0 Å². The van der Waals surface area contributed by atoms with E-state index in [1.807, 2.05) is 4.72 Å². The van der Waals surface area contributed by atoms with Gasteiger partial charge in [0.1, 0.15) is 0 Å². The Balaban J connectivity index is 2.57. The smallest absolute Gasteiger partial charge is 0.417 e. The number of anilines is 1. The third-order valence-electron chi connectivity index (χ3n) is 3.08. The molecule has 2 aromatic carbocycles. The van der Waals surface area contributed by atoms with Gasteiger partial charge in [0.15, 0.2) is 0 Å². The van der Waals surface area contributed by atoms with Crippen LogP contribution >= 0.6 is 34.8 Å². The largest absolute Gasteiger partial charge is 0.478 e. The van der Waals surface area contributed by atoms with Gasteiger partial charge < -0.3 is 5.11 Å². The van der Waals surface area contributed by atoms with Crippen molar-refractivity contribution in [1.82, 2.24) is 0 Å². The van der Waals surface area contributed by atoms with Crippen molar-refractivity contribution in [3.05, 3.63) is 56.5 Å². The van der Waals surface area contributed by atoms with Crippen LogP contribution in [0.15, 0.2) is 35.2 Å². The fraction of sp³-hybridized carbons (Fsp3) is 0.0714. The lowest BCUT2D eigenvalue weighted by Gasteiger charge is -2.15. The topological polar surface area (TPSA) is 83.5 Å². The van der Waals surface area contributed by atoms with Crippen LogP contribution in [-0.2, 0) is 16.2 Å². The van der Waals surface area contributed by atoms with Gasteiger partial charge >= 0.3 is 12.1 Å². The minimum atomic E-state index is -4.88. The van der Waals surface area contributed by atoms with E-state index in [1.54, 1.807) is 0 Å². The first-order valence-electron chi connectivity index (χ1n) is 6.45. The molecule has 0 saturated heterocycles. The van der Waals surface area contributed by atoms with E-state index in [0.717, 1.165) is 24.3 Å². The van der Waals surface area contributed by atoms with Gasteiger partial charge in [0, 0.05) is 5.02 Å². The second-order valence-corrected chi connectivity index (χ2v) is 7.79. The fourth-order valence-corrected chi connectivity index (χ4v) is 3.88. The molecule has 26 heavy (non-hydrogen) atoms. The zero-order valence-electron chi connectivity index (χ0n) is 12.2. The fourth-order valence-electron chi connectivity index (χ4n) is 1.93. The number of carbonyl (C=O) groups is 1. The predicted octanol–water partition coefficient (Wildman–Crippen LogP) is 5.16. The Bertz CT molecular complexity index is 994. The number of alkyl halides is 3. The van der Waals surface area contributed by atoms with Crippen LogP contribution in [0.2, 0.25) is 15.1 Å². The molecule has 0 bridgehead atoms. The molecular weight excluding hydrogens is 442 g/mol. The summed E-state index contributed by atoms with van der Waals surface area (Å²) in [6, 6.07) is 3.95. The van der Waals surface area contributed by atoms with Crippen LogP contribution in [0, 0.1) is 0 Å². The van der Waals surface area contributed by atoms with Gasteiger partial charge in [0.25, 0.3) is 10.0 Å². The molecule has 0 atom stereocenters. The molecule has 0 saturated carbocycles. The average molecular weight is 449 g/mol. The minimum Gasteiger partial charge on any atom is -0.478 e. The van der Waals surface area contributed by atoms with E-state index in [2.05, 4.69) is 0 Å². The molecule has 140 valence electrons. The van der Waals surface area contributed by atoms with Crippen LogP contribution in [0.4, 0.5) is 18.9 Å². The molecule has 0 aliphatic heterocycles. The second-order valence-electron chi connectivity index (χ2n) is 4.86. The normalized spacial score (nSPS) is 12.1. The lowest BCUT2D eigenvalue weighted by molar-refractivity contribution is -0.137. The van der Waals surface area contributed by atoms with Crippen molar-refractivity contribution >= 4 is 56.5 Å². The van der Waals surface area contributed by atoms with Gasteiger partial charge in [-0.3, -0.25) is 4.72 Å². The number of hydrogen-bond acceptors (Lipinski definition) is 3. The van der Waals surface area contributed by atoms with Crippen molar-refractivity contribution in [3.63, 3.8) is 0 Å². The van der Waals surface area contributed by atoms with E-state index in [-0.39, 0.29) is 10.0 Å². The predicted molar refractivity (Wildman–Crippen MR) is 90.7 cm³/mol. The summed E-state index contributed by atoms with van der Waals surface area (Å²) in [6.45, 7) is 0. The summed E-state index contributed by atoms with van der Waals surface area (Å²) in [4.78, 5) is 10.5. The van der Waals surface area contributed by atoms with Gasteiger partial charge in [0.05, 0.1) is 31.8 Å². The SMILES string of the molecule is O=C(O)c1cc(Cl)cc(Cl)c1NS(=O)(=O)c1ccc(Cl)c(C(F)(F)F)c1. The second kappa shape index (κ2) is 7.15. The maximum atomic E-state index is 12.9. The van der Waals surface area contributed by atoms with Crippen molar-refractivity contribution in [2.24, 2.45) is 0 Å². The molecule has 0 fully saturated rings. The summed E-state index contributed by atoms with van der Waals surface area (Å²) >= 11 is 17.0. The Hall–Kier alpha value is -1.68. The monoisotopic (exact) mass is 447 g/mol. The van der Waals surface area contributed by atoms with Crippen molar-refractivity contribution in [1.29, 1.82) is 0 Å². The molecule has 2 rings (SSSR count). The zero-order valence-corrected chi connectivity index (χ0v) is 15.3. The Morgan fingerprint density at radius 2 is 1.65 bits per heavy atom.